The van der Waals surface area contributed by atoms with Crippen molar-refractivity contribution < 1.29 is 17.6 Å². The molecule has 0 fully saturated rings. The van der Waals surface area contributed by atoms with E-state index in [0.29, 0.717) is 16.9 Å². The van der Waals surface area contributed by atoms with Crippen LogP contribution in [0.25, 0.3) is 5.69 Å². The number of sulfonamides is 1. The Labute approximate surface area is 184 Å². The fourth-order valence-electron chi connectivity index (χ4n) is 3.06. The van der Waals surface area contributed by atoms with E-state index in [1.807, 2.05) is 12.1 Å². The standard InChI is InChI=1S/C23H19FN4O3S/c1-16-10-11-19(15-20(16)24)32(30,31)27-18-7-4-6-17(14-18)23(29)26-21-8-2-3-9-22(21)28-13-5-12-25-28/h2-15,27H,1H3,(H,26,29). The van der Waals surface area contributed by atoms with Gasteiger partial charge in [0.15, 0.2) is 0 Å². The number of amides is 1. The SMILES string of the molecule is Cc1ccc(S(=O)(=O)Nc2cccc(C(=O)Nc3ccccc3-n3cccn3)c2)cc1F. The number of hydrogen-bond acceptors (Lipinski definition) is 4. The van der Waals surface area contributed by atoms with Crippen molar-refractivity contribution in [2.24, 2.45) is 0 Å². The van der Waals surface area contributed by atoms with Crippen LogP contribution in [0.5, 0.6) is 0 Å². The van der Waals surface area contributed by atoms with E-state index < -0.39 is 21.7 Å². The molecule has 1 amide bonds. The van der Waals surface area contributed by atoms with Gasteiger partial charge in [-0.25, -0.2) is 17.5 Å². The summed E-state index contributed by atoms with van der Waals surface area (Å²) in [5, 5.41) is 7.01. The number of rotatable bonds is 6. The second kappa shape index (κ2) is 8.64. The maximum atomic E-state index is 13.8. The largest absolute Gasteiger partial charge is 0.320 e. The molecule has 0 saturated carbocycles. The first-order chi connectivity index (χ1) is 15.3. The number of carbonyl (C=O) groups excluding carboxylic acids is 1. The summed E-state index contributed by atoms with van der Waals surface area (Å²) in [6.07, 6.45) is 3.39. The topological polar surface area (TPSA) is 93.1 Å². The van der Waals surface area contributed by atoms with Crippen molar-refractivity contribution in [1.29, 1.82) is 0 Å². The molecule has 2 N–H and O–H groups in total. The number of aromatic nitrogens is 2. The fourth-order valence-corrected chi connectivity index (χ4v) is 4.12. The Kier molecular flexibility index (Phi) is 5.74. The van der Waals surface area contributed by atoms with Gasteiger partial charge >= 0.3 is 0 Å². The van der Waals surface area contributed by atoms with E-state index in [4.69, 9.17) is 0 Å². The lowest BCUT2D eigenvalue weighted by atomic mass is 10.2. The number of nitrogens with one attached hydrogen (secondary N) is 2. The summed E-state index contributed by atoms with van der Waals surface area (Å²) in [6, 6.07) is 18.7. The van der Waals surface area contributed by atoms with E-state index in [1.165, 1.54) is 24.3 Å². The molecule has 0 spiro atoms. The number of hydrogen-bond donors (Lipinski definition) is 2. The number of carbonyl (C=O) groups is 1. The Bertz CT molecular complexity index is 1390. The minimum Gasteiger partial charge on any atom is -0.320 e. The van der Waals surface area contributed by atoms with Gasteiger partial charge < -0.3 is 5.32 Å². The summed E-state index contributed by atoms with van der Waals surface area (Å²) in [6.45, 7) is 1.55. The van der Waals surface area contributed by atoms with Gasteiger partial charge in [0.25, 0.3) is 15.9 Å². The maximum Gasteiger partial charge on any atom is 0.261 e. The van der Waals surface area contributed by atoms with Crippen molar-refractivity contribution in [2.45, 2.75) is 11.8 Å². The molecule has 0 bridgehead atoms. The molecule has 0 aliphatic rings. The van der Waals surface area contributed by atoms with E-state index >= 15 is 0 Å². The maximum absolute atomic E-state index is 13.8. The van der Waals surface area contributed by atoms with Crippen LogP contribution >= 0.6 is 0 Å². The molecule has 0 radical (unpaired) electrons. The fraction of sp³-hybridized carbons (Fsp3) is 0.0435. The summed E-state index contributed by atoms with van der Waals surface area (Å²) in [4.78, 5) is 12.6. The summed E-state index contributed by atoms with van der Waals surface area (Å²) in [5.41, 5.74) is 2.00. The summed E-state index contributed by atoms with van der Waals surface area (Å²) >= 11 is 0. The Morgan fingerprint density at radius 2 is 1.81 bits per heavy atom. The number of aryl methyl sites for hydroxylation is 1. The highest BCUT2D eigenvalue weighted by atomic mass is 32.2. The van der Waals surface area contributed by atoms with Crippen LogP contribution in [0.3, 0.4) is 0 Å². The van der Waals surface area contributed by atoms with Crippen molar-refractivity contribution in [2.75, 3.05) is 10.0 Å². The molecule has 0 unspecified atom stereocenters. The Hall–Kier alpha value is -3.98. The number of para-hydroxylation sites is 2. The van der Waals surface area contributed by atoms with Crippen LogP contribution in [0, 0.1) is 12.7 Å². The Morgan fingerprint density at radius 3 is 2.56 bits per heavy atom. The zero-order valence-corrected chi connectivity index (χ0v) is 17.8. The molecule has 4 rings (SSSR count). The molecule has 0 aliphatic carbocycles. The minimum atomic E-state index is -4.02. The lowest BCUT2D eigenvalue weighted by molar-refractivity contribution is 0.102. The highest BCUT2D eigenvalue weighted by Crippen LogP contribution is 2.22. The van der Waals surface area contributed by atoms with Gasteiger partial charge in [0.2, 0.25) is 0 Å². The molecule has 9 heteroatoms. The predicted octanol–water partition coefficient (Wildman–Crippen LogP) is 4.37. The number of benzene rings is 3. The average molecular weight is 450 g/mol. The van der Waals surface area contributed by atoms with Crippen molar-refractivity contribution in [3.8, 4) is 5.69 Å². The van der Waals surface area contributed by atoms with Crippen molar-refractivity contribution in [3.05, 3.63) is 102 Å². The molecule has 7 nitrogen and oxygen atoms in total. The number of nitrogens with zero attached hydrogens (tertiary/aromatic N) is 2. The van der Waals surface area contributed by atoms with Crippen LogP contribution in [0.1, 0.15) is 15.9 Å². The molecule has 162 valence electrons. The quantitative estimate of drug-likeness (QED) is 0.456. The lowest BCUT2D eigenvalue weighted by Gasteiger charge is -2.12. The van der Waals surface area contributed by atoms with E-state index in [1.54, 1.807) is 54.3 Å². The van der Waals surface area contributed by atoms with Gasteiger partial charge in [-0.05, 0) is 61.0 Å². The molecule has 4 aromatic rings. The summed E-state index contributed by atoms with van der Waals surface area (Å²) in [5.74, 6) is -1.04. The van der Waals surface area contributed by atoms with Gasteiger partial charge in [-0.2, -0.15) is 5.10 Å². The van der Waals surface area contributed by atoms with Crippen molar-refractivity contribution >= 4 is 27.3 Å². The summed E-state index contributed by atoms with van der Waals surface area (Å²) in [7, 11) is -4.02. The first kappa shape index (κ1) is 21.3. The second-order valence-electron chi connectivity index (χ2n) is 7.02. The molecular formula is C23H19FN4O3S. The van der Waals surface area contributed by atoms with E-state index in [-0.39, 0.29) is 16.1 Å². The Balaban J connectivity index is 1.56. The minimum absolute atomic E-state index is 0.180. The van der Waals surface area contributed by atoms with E-state index in [9.17, 15) is 17.6 Å². The van der Waals surface area contributed by atoms with Gasteiger partial charge in [0.1, 0.15) is 5.82 Å². The van der Waals surface area contributed by atoms with Crippen LogP contribution in [-0.2, 0) is 10.0 Å². The van der Waals surface area contributed by atoms with Gasteiger partial charge in [-0.3, -0.25) is 9.52 Å². The monoisotopic (exact) mass is 450 g/mol. The van der Waals surface area contributed by atoms with Crippen LogP contribution in [0.15, 0.2) is 90.1 Å². The third-order valence-corrected chi connectivity index (χ3v) is 6.11. The molecule has 0 atom stereocenters. The summed E-state index contributed by atoms with van der Waals surface area (Å²) < 4.78 is 43.1. The predicted molar refractivity (Wildman–Crippen MR) is 120 cm³/mol. The van der Waals surface area contributed by atoms with E-state index in [0.717, 1.165) is 6.07 Å². The van der Waals surface area contributed by atoms with Crippen LogP contribution in [0.4, 0.5) is 15.8 Å². The van der Waals surface area contributed by atoms with E-state index in [2.05, 4.69) is 15.1 Å². The molecule has 1 aromatic heterocycles. The second-order valence-corrected chi connectivity index (χ2v) is 8.70. The molecule has 1 heterocycles. The Morgan fingerprint density at radius 1 is 1.00 bits per heavy atom. The zero-order chi connectivity index (χ0) is 22.7. The molecule has 0 saturated heterocycles. The third kappa shape index (κ3) is 4.52. The first-order valence-corrected chi connectivity index (χ1v) is 11.1. The van der Waals surface area contributed by atoms with Crippen molar-refractivity contribution in [3.63, 3.8) is 0 Å². The average Bonchev–Trinajstić information content (AvgIpc) is 3.30. The molecular weight excluding hydrogens is 431 g/mol. The van der Waals surface area contributed by atoms with Gasteiger partial charge in [-0.15, -0.1) is 0 Å². The van der Waals surface area contributed by atoms with Gasteiger partial charge in [-0.1, -0.05) is 24.3 Å². The van der Waals surface area contributed by atoms with Crippen LogP contribution < -0.4 is 10.0 Å². The normalized spacial score (nSPS) is 11.2. The highest BCUT2D eigenvalue weighted by molar-refractivity contribution is 7.92. The molecule has 0 aliphatic heterocycles. The third-order valence-electron chi connectivity index (χ3n) is 4.73. The molecule has 32 heavy (non-hydrogen) atoms. The van der Waals surface area contributed by atoms with Crippen LogP contribution in [0.2, 0.25) is 0 Å². The smallest absolute Gasteiger partial charge is 0.261 e. The lowest BCUT2D eigenvalue weighted by Crippen LogP contribution is -2.16. The van der Waals surface area contributed by atoms with Crippen LogP contribution in [-0.4, -0.2) is 24.1 Å². The highest BCUT2D eigenvalue weighted by Gasteiger charge is 2.17. The van der Waals surface area contributed by atoms with Gasteiger partial charge in [0.05, 0.1) is 16.3 Å². The number of anilines is 2. The number of halogens is 1. The zero-order valence-electron chi connectivity index (χ0n) is 17.0. The van der Waals surface area contributed by atoms with Gasteiger partial charge in [0, 0.05) is 23.6 Å². The molecule has 3 aromatic carbocycles. The first-order valence-electron chi connectivity index (χ1n) is 9.63. The van der Waals surface area contributed by atoms with Crippen molar-refractivity contribution in [1.82, 2.24) is 9.78 Å².